The van der Waals surface area contributed by atoms with Crippen LogP contribution in [0.1, 0.15) is 91.3 Å². The van der Waals surface area contributed by atoms with Crippen molar-refractivity contribution < 1.29 is 23.9 Å². The molecule has 9 nitrogen and oxygen atoms in total. The number of aryl methyl sites for hydroxylation is 1. The molecule has 2 unspecified atom stereocenters. The first-order valence-electron chi connectivity index (χ1n) is 12.5. The Morgan fingerprint density at radius 2 is 1.64 bits per heavy atom. The molecule has 36 heavy (non-hydrogen) atoms. The molecule has 1 rings (SSSR count). The number of rotatable bonds is 11. The van der Waals surface area contributed by atoms with E-state index in [2.05, 4.69) is 17.6 Å². The van der Waals surface area contributed by atoms with Gasteiger partial charge in [-0.05, 0) is 66.0 Å². The number of nitrogens with zero attached hydrogens (tertiary/aromatic N) is 1. The van der Waals surface area contributed by atoms with E-state index in [1.807, 2.05) is 31.2 Å². The van der Waals surface area contributed by atoms with Gasteiger partial charge in [0.1, 0.15) is 17.7 Å². The van der Waals surface area contributed by atoms with E-state index < -0.39 is 47.6 Å². The van der Waals surface area contributed by atoms with Crippen molar-refractivity contribution in [1.29, 1.82) is 0 Å². The van der Waals surface area contributed by atoms with Crippen LogP contribution in [-0.4, -0.2) is 52.4 Å². The minimum Gasteiger partial charge on any atom is -0.444 e. The number of carbonyl (C=O) groups excluding carboxylic acids is 4. The van der Waals surface area contributed by atoms with Gasteiger partial charge < -0.3 is 26.0 Å². The Hall–Kier alpha value is -3.10. The van der Waals surface area contributed by atoms with E-state index >= 15 is 0 Å². The first kappa shape index (κ1) is 30.9. The van der Waals surface area contributed by atoms with Crippen LogP contribution in [0.25, 0.3) is 0 Å². The summed E-state index contributed by atoms with van der Waals surface area (Å²) in [6.07, 6.45) is 1.50. The second kappa shape index (κ2) is 13.3. The van der Waals surface area contributed by atoms with Crippen LogP contribution in [0.4, 0.5) is 4.79 Å². The first-order chi connectivity index (χ1) is 16.6. The molecule has 0 aliphatic carbocycles. The van der Waals surface area contributed by atoms with Crippen molar-refractivity contribution in [3.8, 4) is 0 Å². The van der Waals surface area contributed by atoms with Gasteiger partial charge in [0, 0.05) is 12.1 Å². The number of nitrogens with two attached hydrogens (primary N) is 1. The Morgan fingerprint density at radius 3 is 2.14 bits per heavy atom. The van der Waals surface area contributed by atoms with Crippen LogP contribution in [0.5, 0.6) is 0 Å². The molecule has 0 aliphatic rings. The maximum absolute atomic E-state index is 14.0. The zero-order valence-electron chi connectivity index (χ0n) is 23.1. The summed E-state index contributed by atoms with van der Waals surface area (Å²) < 4.78 is 5.30. The minimum atomic E-state index is -1.31. The summed E-state index contributed by atoms with van der Waals surface area (Å²) in [5.41, 5.74) is 5.26. The topological polar surface area (TPSA) is 131 Å². The smallest absolute Gasteiger partial charge is 0.408 e. The Bertz CT molecular complexity index is 917. The van der Waals surface area contributed by atoms with E-state index in [0.29, 0.717) is 12.1 Å². The van der Waals surface area contributed by atoms with Crippen LogP contribution in [0.2, 0.25) is 0 Å². The van der Waals surface area contributed by atoms with Gasteiger partial charge in [-0.25, -0.2) is 4.79 Å². The standard InChI is InChI=1S/C27H44N4O5/c1-9-10-13-16-29-23(33)22(19-15-12-11-14-18(19)2)31(26(3,4)5)24(34)20(17-21(28)32)30-25(35)36-27(6,7)8/h11-12,14-15,20,22H,9-10,13,16-17H2,1-8H3,(H2,28,32)(H,29,33)(H,30,35). The number of hydrogen-bond acceptors (Lipinski definition) is 5. The number of primary amides is 1. The van der Waals surface area contributed by atoms with E-state index in [1.165, 1.54) is 4.90 Å². The average molecular weight is 505 g/mol. The normalized spacial score (nSPS) is 13.3. The monoisotopic (exact) mass is 504 g/mol. The Kier molecular flexibility index (Phi) is 11.4. The van der Waals surface area contributed by atoms with Gasteiger partial charge in [-0.1, -0.05) is 44.0 Å². The molecule has 1 aromatic rings. The molecule has 4 amide bonds. The molecule has 0 spiro atoms. The number of hydrogen-bond donors (Lipinski definition) is 3. The maximum Gasteiger partial charge on any atom is 0.408 e. The molecule has 0 aromatic heterocycles. The maximum atomic E-state index is 14.0. The fourth-order valence-electron chi connectivity index (χ4n) is 3.84. The highest BCUT2D eigenvalue weighted by Gasteiger charge is 2.42. The van der Waals surface area contributed by atoms with Gasteiger partial charge in [0.2, 0.25) is 17.7 Å². The summed E-state index contributed by atoms with van der Waals surface area (Å²) in [5, 5.41) is 5.46. The number of alkyl carbamates (subject to hydrolysis) is 1. The van der Waals surface area contributed by atoms with Crippen LogP contribution in [-0.2, 0) is 19.1 Å². The van der Waals surface area contributed by atoms with E-state index in [9.17, 15) is 19.2 Å². The average Bonchev–Trinajstić information content (AvgIpc) is 2.72. The predicted molar refractivity (Wildman–Crippen MR) is 140 cm³/mol. The molecule has 0 bridgehead atoms. The third-order valence-corrected chi connectivity index (χ3v) is 5.42. The van der Waals surface area contributed by atoms with Crippen molar-refractivity contribution in [2.75, 3.05) is 6.54 Å². The molecular weight excluding hydrogens is 460 g/mol. The molecule has 0 saturated heterocycles. The van der Waals surface area contributed by atoms with E-state index in [1.54, 1.807) is 41.5 Å². The van der Waals surface area contributed by atoms with Gasteiger partial charge in [0.25, 0.3) is 0 Å². The molecule has 0 fully saturated rings. The highest BCUT2D eigenvalue weighted by Crippen LogP contribution is 2.32. The van der Waals surface area contributed by atoms with Crippen molar-refractivity contribution in [3.63, 3.8) is 0 Å². The van der Waals surface area contributed by atoms with Crippen molar-refractivity contribution in [1.82, 2.24) is 15.5 Å². The Labute approximate surface area is 215 Å². The molecule has 0 saturated carbocycles. The van der Waals surface area contributed by atoms with Crippen LogP contribution in [0, 0.1) is 6.92 Å². The predicted octanol–water partition coefficient (Wildman–Crippen LogP) is 3.74. The quantitative estimate of drug-likeness (QED) is 0.395. The summed E-state index contributed by atoms with van der Waals surface area (Å²) in [6, 6.07) is 5.05. The third kappa shape index (κ3) is 9.87. The van der Waals surface area contributed by atoms with Gasteiger partial charge in [-0.15, -0.1) is 0 Å². The molecule has 1 aromatic carbocycles. The minimum absolute atomic E-state index is 0.334. The summed E-state index contributed by atoms with van der Waals surface area (Å²) >= 11 is 0. The zero-order valence-corrected chi connectivity index (χ0v) is 23.1. The highest BCUT2D eigenvalue weighted by atomic mass is 16.6. The van der Waals surface area contributed by atoms with Crippen molar-refractivity contribution in [2.24, 2.45) is 5.73 Å². The van der Waals surface area contributed by atoms with Gasteiger partial charge in [0.05, 0.1) is 6.42 Å². The summed E-state index contributed by atoms with van der Waals surface area (Å²) in [4.78, 5) is 53.4. The lowest BCUT2D eigenvalue weighted by Crippen LogP contribution is -2.59. The van der Waals surface area contributed by atoms with Crippen molar-refractivity contribution in [2.45, 2.75) is 104 Å². The Morgan fingerprint density at radius 1 is 1.03 bits per heavy atom. The largest absolute Gasteiger partial charge is 0.444 e. The summed E-state index contributed by atoms with van der Waals surface area (Å²) in [7, 11) is 0. The zero-order chi connectivity index (χ0) is 27.7. The van der Waals surface area contributed by atoms with E-state index in [0.717, 1.165) is 24.8 Å². The highest BCUT2D eigenvalue weighted by molar-refractivity contribution is 5.95. The number of carbonyl (C=O) groups is 4. The van der Waals surface area contributed by atoms with Crippen molar-refractivity contribution in [3.05, 3.63) is 35.4 Å². The molecule has 0 heterocycles. The lowest BCUT2D eigenvalue weighted by Gasteiger charge is -2.43. The van der Waals surface area contributed by atoms with Gasteiger partial charge in [0.15, 0.2) is 0 Å². The number of nitrogens with one attached hydrogen (secondary N) is 2. The molecule has 202 valence electrons. The fourth-order valence-corrected chi connectivity index (χ4v) is 3.84. The number of benzene rings is 1. The summed E-state index contributed by atoms with van der Waals surface area (Å²) in [6.45, 7) is 14.9. The van der Waals surface area contributed by atoms with Crippen LogP contribution >= 0.6 is 0 Å². The second-order valence-corrected chi connectivity index (χ2v) is 11.0. The van der Waals surface area contributed by atoms with Crippen LogP contribution in [0.15, 0.2) is 24.3 Å². The SMILES string of the molecule is CCCCCNC(=O)C(c1ccccc1C)N(C(=O)C(CC(N)=O)NC(=O)OC(C)(C)C)C(C)(C)C. The fraction of sp³-hybridized carbons (Fsp3) is 0.630. The lowest BCUT2D eigenvalue weighted by atomic mass is 9.92. The Balaban J connectivity index is 3.51. The number of amides is 4. The third-order valence-electron chi connectivity index (χ3n) is 5.42. The lowest BCUT2D eigenvalue weighted by molar-refractivity contribution is -0.149. The van der Waals surface area contributed by atoms with E-state index in [4.69, 9.17) is 10.5 Å². The summed E-state index contributed by atoms with van der Waals surface area (Å²) in [5.74, 6) is -1.71. The molecule has 2 atom stereocenters. The second-order valence-electron chi connectivity index (χ2n) is 11.0. The molecule has 0 radical (unpaired) electrons. The van der Waals surface area contributed by atoms with Crippen LogP contribution in [0.3, 0.4) is 0 Å². The molecule has 0 aliphatic heterocycles. The van der Waals surface area contributed by atoms with Gasteiger partial charge >= 0.3 is 6.09 Å². The first-order valence-corrected chi connectivity index (χ1v) is 12.5. The molecule has 4 N–H and O–H groups in total. The van der Waals surface area contributed by atoms with E-state index in [-0.39, 0.29) is 5.91 Å². The van der Waals surface area contributed by atoms with Crippen molar-refractivity contribution >= 4 is 23.8 Å². The molecular formula is C27H44N4O5. The van der Waals surface area contributed by atoms with Gasteiger partial charge in [-0.3, -0.25) is 14.4 Å². The van der Waals surface area contributed by atoms with Gasteiger partial charge in [-0.2, -0.15) is 0 Å². The number of ether oxygens (including phenoxy) is 1. The molecule has 9 heteroatoms. The van der Waals surface area contributed by atoms with Crippen LogP contribution < -0.4 is 16.4 Å². The number of unbranched alkanes of at least 4 members (excludes halogenated alkanes) is 2.